The van der Waals surface area contributed by atoms with Gasteiger partial charge < -0.3 is 19.9 Å². The highest BCUT2D eigenvalue weighted by Gasteiger charge is 2.21. The Labute approximate surface area is 154 Å². The van der Waals surface area contributed by atoms with Gasteiger partial charge in [0.05, 0.1) is 32.8 Å². The summed E-state index contributed by atoms with van der Waals surface area (Å²) in [5, 5.41) is 4.13. The van der Waals surface area contributed by atoms with E-state index >= 15 is 0 Å². The summed E-state index contributed by atoms with van der Waals surface area (Å²) in [5.74, 6) is 0.882. The van der Waals surface area contributed by atoms with Gasteiger partial charge in [0.15, 0.2) is 5.11 Å². The largest absolute Gasteiger partial charge is 0.494 e. The van der Waals surface area contributed by atoms with Crippen molar-refractivity contribution >= 4 is 23.0 Å². The number of ether oxygens (including phenoxy) is 1. The molecule has 0 unspecified atom stereocenters. The highest BCUT2D eigenvalue weighted by Crippen LogP contribution is 2.16. The predicted molar refractivity (Wildman–Crippen MR) is 104 cm³/mol. The molecule has 1 aromatic heterocycles. The zero-order valence-corrected chi connectivity index (χ0v) is 15.4. The molecular formula is C19H25N4OS+. The third-order valence-electron chi connectivity index (χ3n) is 4.38. The number of rotatable bonds is 5. The quantitative estimate of drug-likeness (QED) is 0.796. The highest BCUT2D eigenvalue weighted by molar-refractivity contribution is 7.80. The van der Waals surface area contributed by atoms with Crippen molar-refractivity contribution in [3.8, 4) is 5.75 Å². The SMILES string of the molecule is CCOc1ccc(NC(=S)N2CC[NH+](Cc3ccncc3)CC2)cc1. The average Bonchev–Trinajstić information content (AvgIpc) is 2.65. The third kappa shape index (κ3) is 5.14. The second-order valence-corrected chi connectivity index (χ2v) is 6.54. The Morgan fingerprint density at radius 2 is 1.84 bits per heavy atom. The van der Waals surface area contributed by atoms with Gasteiger partial charge >= 0.3 is 0 Å². The number of aromatic nitrogens is 1. The molecular weight excluding hydrogens is 332 g/mol. The molecule has 2 N–H and O–H groups in total. The minimum absolute atomic E-state index is 0.678. The summed E-state index contributed by atoms with van der Waals surface area (Å²) in [6.07, 6.45) is 3.72. The van der Waals surface area contributed by atoms with E-state index in [1.807, 2.05) is 43.6 Å². The average molecular weight is 358 g/mol. The van der Waals surface area contributed by atoms with Crippen molar-refractivity contribution in [1.29, 1.82) is 0 Å². The minimum Gasteiger partial charge on any atom is -0.494 e. The van der Waals surface area contributed by atoms with E-state index in [-0.39, 0.29) is 0 Å². The Balaban J connectivity index is 1.46. The number of anilines is 1. The molecule has 2 heterocycles. The summed E-state index contributed by atoms with van der Waals surface area (Å²) >= 11 is 5.57. The van der Waals surface area contributed by atoms with Crippen LogP contribution in [0.4, 0.5) is 5.69 Å². The van der Waals surface area contributed by atoms with E-state index in [1.165, 1.54) is 5.56 Å². The van der Waals surface area contributed by atoms with Crippen LogP contribution in [0.3, 0.4) is 0 Å². The fraction of sp³-hybridized carbons (Fsp3) is 0.368. The lowest BCUT2D eigenvalue weighted by Gasteiger charge is -2.33. The molecule has 5 nitrogen and oxygen atoms in total. The van der Waals surface area contributed by atoms with Crippen molar-refractivity contribution in [2.45, 2.75) is 13.5 Å². The van der Waals surface area contributed by atoms with Gasteiger partial charge in [-0.25, -0.2) is 0 Å². The van der Waals surface area contributed by atoms with Gasteiger partial charge in [0.25, 0.3) is 0 Å². The standard InChI is InChI=1S/C19H24N4OS/c1-2-24-18-5-3-17(4-6-18)21-19(25)23-13-11-22(12-14-23)15-16-7-9-20-10-8-16/h3-10H,2,11-15H2,1H3,(H,21,25)/p+1. The summed E-state index contributed by atoms with van der Waals surface area (Å²) in [7, 11) is 0. The van der Waals surface area contributed by atoms with Gasteiger partial charge in [-0.05, 0) is 55.5 Å². The van der Waals surface area contributed by atoms with E-state index in [4.69, 9.17) is 17.0 Å². The molecule has 0 radical (unpaired) electrons. The summed E-state index contributed by atoms with van der Waals surface area (Å²) in [4.78, 5) is 7.92. The number of nitrogens with zero attached hydrogens (tertiary/aromatic N) is 2. The normalized spacial score (nSPS) is 15.0. The van der Waals surface area contributed by atoms with Crippen LogP contribution in [0.15, 0.2) is 48.8 Å². The number of hydrogen-bond donors (Lipinski definition) is 2. The molecule has 1 aliphatic rings. The van der Waals surface area contributed by atoms with Crippen molar-refractivity contribution in [3.05, 3.63) is 54.4 Å². The molecule has 2 aromatic rings. The minimum atomic E-state index is 0.678. The number of benzene rings is 1. The molecule has 0 spiro atoms. The number of quaternary nitrogens is 1. The molecule has 6 heteroatoms. The smallest absolute Gasteiger partial charge is 0.173 e. The molecule has 0 saturated carbocycles. The lowest BCUT2D eigenvalue weighted by Crippen LogP contribution is -3.13. The first-order chi connectivity index (χ1) is 12.2. The highest BCUT2D eigenvalue weighted by atomic mass is 32.1. The number of piperazine rings is 1. The van der Waals surface area contributed by atoms with Gasteiger partial charge in [0, 0.05) is 23.6 Å². The van der Waals surface area contributed by atoms with Crippen LogP contribution in [-0.2, 0) is 6.54 Å². The van der Waals surface area contributed by atoms with Crippen molar-refractivity contribution in [2.75, 3.05) is 38.1 Å². The van der Waals surface area contributed by atoms with E-state index in [0.29, 0.717) is 6.61 Å². The molecule has 3 rings (SSSR count). The first-order valence-corrected chi connectivity index (χ1v) is 9.16. The summed E-state index contributed by atoms with van der Waals surface area (Å²) in [6.45, 7) is 7.84. The maximum atomic E-state index is 5.57. The monoisotopic (exact) mass is 357 g/mol. The number of nitrogens with one attached hydrogen (secondary N) is 2. The maximum absolute atomic E-state index is 5.57. The summed E-state index contributed by atoms with van der Waals surface area (Å²) in [6, 6.07) is 12.1. The van der Waals surface area contributed by atoms with Crippen LogP contribution in [0.25, 0.3) is 0 Å². The van der Waals surface area contributed by atoms with Crippen molar-refractivity contribution < 1.29 is 9.64 Å². The van der Waals surface area contributed by atoms with Gasteiger partial charge in [-0.2, -0.15) is 0 Å². The van der Waals surface area contributed by atoms with Crippen LogP contribution in [-0.4, -0.2) is 47.8 Å². The van der Waals surface area contributed by atoms with Crippen LogP contribution in [0.1, 0.15) is 12.5 Å². The fourth-order valence-corrected chi connectivity index (χ4v) is 3.30. The molecule has 1 aliphatic heterocycles. The van der Waals surface area contributed by atoms with Crippen LogP contribution in [0.5, 0.6) is 5.75 Å². The Morgan fingerprint density at radius 3 is 2.48 bits per heavy atom. The van der Waals surface area contributed by atoms with Crippen molar-refractivity contribution in [2.24, 2.45) is 0 Å². The first-order valence-electron chi connectivity index (χ1n) is 8.76. The first kappa shape index (κ1) is 17.6. The molecule has 0 amide bonds. The van der Waals surface area contributed by atoms with Gasteiger partial charge in [0.1, 0.15) is 12.3 Å². The Hall–Kier alpha value is -2.18. The summed E-state index contributed by atoms with van der Waals surface area (Å²) in [5.41, 5.74) is 2.34. The second-order valence-electron chi connectivity index (χ2n) is 6.16. The van der Waals surface area contributed by atoms with Gasteiger partial charge in [-0.15, -0.1) is 0 Å². The van der Waals surface area contributed by atoms with E-state index in [9.17, 15) is 0 Å². The predicted octanol–water partition coefficient (Wildman–Crippen LogP) is 1.58. The van der Waals surface area contributed by atoms with E-state index in [0.717, 1.165) is 49.3 Å². The van der Waals surface area contributed by atoms with Crippen LogP contribution < -0.4 is 15.0 Å². The lowest BCUT2D eigenvalue weighted by atomic mass is 10.2. The molecule has 0 aliphatic carbocycles. The van der Waals surface area contributed by atoms with E-state index in [2.05, 4.69) is 27.3 Å². The van der Waals surface area contributed by atoms with E-state index in [1.54, 1.807) is 4.90 Å². The number of hydrogen-bond acceptors (Lipinski definition) is 3. The molecule has 132 valence electrons. The van der Waals surface area contributed by atoms with Crippen LogP contribution in [0, 0.1) is 0 Å². The molecule has 0 atom stereocenters. The fourth-order valence-electron chi connectivity index (χ4n) is 3.00. The molecule has 1 saturated heterocycles. The molecule has 1 fully saturated rings. The molecule has 1 aromatic carbocycles. The maximum Gasteiger partial charge on any atom is 0.173 e. The Morgan fingerprint density at radius 1 is 1.16 bits per heavy atom. The number of pyridine rings is 1. The van der Waals surface area contributed by atoms with Crippen LogP contribution >= 0.6 is 12.2 Å². The topological polar surface area (TPSA) is 41.8 Å². The molecule has 0 bridgehead atoms. The van der Waals surface area contributed by atoms with Gasteiger partial charge in [0.2, 0.25) is 0 Å². The van der Waals surface area contributed by atoms with Gasteiger partial charge in [-0.3, -0.25) is 4.98 Å². The van der Waals surface area contributed by atoms with Crippen molar-refractivity contribution in [1.82, 2.24) is 9.88 Å². The lowest BCUT2D eigenvalue weighted by molar-refractivity contribution is -0.917. The summed E-state index contributed by atoms with van der Waals surface area (Å²) < 4.78 is 5.47. The zero-order chi connectivity index (χ0) is 17.5. The second kappa shape index (κ2) is 8.78. The van der Waals surface area contributed by atoms with E-state index < -0.39 is 0 Å². The van der Waals surface area contributed by atoms with Crippen LogP contribution in [0.2, 0.25) is 0 Å². The van der Waals surface area contributed by atoms with Gasteiger partial charge in [-0.1, -0.05) is 0 Å². The number of thiocarbonyl (C=S) groups is 1. The molecule has 25 heavy (non-hydrogen) atoms. The van der Waals surface area contributed by atoms with Crippen molar-refractivity contribution in [3.63, 3.8) is 0 Å². The zero-order valence-electron chi connectivity index (χ0n) is 14.6. The third-order valence-corrected chi connectivity index (χ3v) is 4.74. The Kier molecular flexibility index (Phi) is 6.19. The Bertz CT molecular complexity index is 670.